The maximum absolute atomic E-state index is 13.0. The summed E-state index contributed by atoms with van der Waals surface area (Å²) >= 11 is 0. The van der Waals surface area contributed by atoms with E-state index in [0.717, 1.165) is 11.2 Å². The van der Waals surface area contributed by atoms with Crippen LogP contribution in [0.3, 0.4) is 0 Å². The number of barbiturate groups is 1. The molecule has 1 aliphatic heterocycles. The average molecular weight is 376 g/mol. The largest absolute Gasteiger partial charge is 0.711 e. The smallest absolute Gasteiger partial charge is 0.328 e. The summed E-state index contributed by atoms with van der Waals surface area (Å²) in [7, 11) is 0. The molecule has 27 heavy (non-hydrogen) atoms. The molecule has 0 bridgehead atoms. The van der Waals surface area contributed by atoms with Gasteiger partial charge >= 0.3 is 6.03 Å². The Bertz CT molecular complexity index is 793. The molecule has 2 atom stereocenters. The van der Waals surface area contributed by atoms with Crippen LogP contribution >= 0.6 is 0 Å². The number of amides is 4. The molecule has 146 valence electrons. The lowest BCUT2D eigenvalue weighted by atomic mass is 9.74. The lowest BCUT2D eigenvalue weighted by Gasteiger charge is -2.33. The highest BCUT2D eigenvalue weighted by atomic mass is 16.5. The fourth-order valence-corrected chi connectivity index (χ4v) is 4.12. The number of carbonyl (C=O) groups excluding carboxylic acids is 3. The molecule has 0 unspecified atom stereocenters. The number of aliphatic hydroxyl groups excluding tert-OH is 1. The molecular formula is C18H24N4O5. The zero-order chi connectivity index (χ0) is 19.7. The number of rotatable bonds is 5. The van der Waals surface area contributed by atoms with Crippen molar-refractivity contribution < 1.29 is 24.2 Å². The predicted molar refractivity (Wildman–Crippen MR) is 94.3 cm³/mol. The normalized spacial score (nSPS) is 21.9. The number of imide groups is 2. The maximum Gasteiger partial charge on any atom is 0.328 e. The van der Waals surface area contributed by atoms with Crippen molar-refractivity contribution >= 4 is 17.8 Å². The second-order valence-corrected chi connectivity index (χ2v) is 7.05. The Hall–Kier alpha value is -2.68. The van der Waals surface area contributed by atoms with Crippen molar-refractivity contribution in [1.82, 2.24) is 15.2 Å². The molecule has 0 saturated carbocycles. The molecule has 9 heteroatoms. The van der Waals surface area contributed by atoms with Crippen molar-refractivity contribution in [2.75, 3.05) is 6.61 Å². The van der Waals surface area contributed by atoms with Crippen LogP contribution in [-0.2, 0) is 16.1 Å². The van der Waals surface area contributed by atoms with Crippen molar-refractivity contribution in [3.05, 3.63) is 34.6 Å². The Labute approximate surface area is 156 Å². The Morgan fingerprint density at radius 3 is 2.48 bits per heavy atom. The highest BCUT2D eigenvalue weighted by Gasteiger charge is 2.49. The van der Waals surface area contributed by atoms with Crippen LogP contribution in [0.5, 0.6) is 0 Å². The molecule has 0 aromatic carbocycles. The summed E-state index contributed by atoms with van der Waals surface area (Å²) in [6, 6.07) is -0.850. The van der Waals surface area contributed by atoms with E-state index in [4.69, 9.17) is 0 Å². The van der Waals surface area contributed by atoms with Gasteiger partial charge in [0.15, 0.2) is 0 Å². The number of hydrogen-bond donors (Lipinski definition) is 3. The summed E-state index contributed by atoms with van der Waals surface area (Å²) in [6.45, 7) is 3.44. The third kappa shape index (κ3) is 3.34. The Kier molecular flexibility index (Phi) is 5.31. The zero-order valence-corrected chi connectivity index (χ0v) is 15.4. The van der Waals surface area contributed by atoms with Gasteiger partial charge in [0.05, 0.1) is 12.5 Å². The molecule has 1 aliphatic carbocycles. The second-order valence-electron chi connectivity index (χ2n) is 7.05. The molecule has 0 radical (unpaired) electrons. The summed E-state index contributed by atoms with van der Waals surface area (Å²) in [5, 5.41) is 26.7. The number of hydrogen-bond acceptors (Lipinski definition) is 5. The number of carbonyl (C=O) groups is 3. The van der Waals surface area contributed by atoms with Crippen LogP contribution in [0.1, 0.15) is 42.4 Å². The monoisotopic (exact) mass is 376 g/mol. The van der Waals surface area contributed by atoms with E-state index in [1.165, 1.54) is 0 Å². The lowest BCUT2D eigenvalue weighted by Crippen LogP contribution is -2.59. The minimum atomic E-state index is -1.19. The van der Waals surface area contributed by atoms with E-state index >= 15 is 0 Å². The lowest BCUT2D eigenvalue weighted by molar-refractivity contribution is -0.622. The summed E-state index contributed by atoms with van der Waals surface area (Å²) in [4.78, 5) is 36.6. The van der Waals surface area contributed by atoms with Crippen LogP contribution < -0.4 is 15.4 Å². The fourth-order valence-electron chi connectivity index (χ4n) is 4.12. The van der Waals surface area contributed by atoms with Crippen LogP contribution in [0.4, 0.5) is 4.79 Å². The first-order chi connectivity index (χ1) is 12.9. The van der Waals surface area contributed by atoms with Crippen molar-refractivity contribution in [3.8, 4) is 0 Å². The summed E-state index contributed by atoms with van der Waals surface area (Å²) in [5.74, 6) is -3.13. The maximum atomic E-state index is 13.0. The minimum absolute atomic E-state index is 0.115. The number of allylic oxidation sites excluding steroid dienone is 2. The second kappa shape index (κ2) is 7.51. The molecule has 9 nitrogen and oxygen atoms in total. The van der Waals surface area contributed by atoms with Gasteiger partial charge in [0.25, 0.3) is 5.82 Å². The molecule has 0 spiro atoms. The number of nitrogens with one attached hydrogen (secondary N) is 2. The van der Waals surface area contributed by atoms with Gasteiger partial charge in [-0.3, -0.25) is 20.2 Å². The molecular weight excluding hydrogens is 352 g/mol. The third-order valence-electron chi connectivity index (χ3n) is 5.55. The van der Waals surface area contributed by atoms with E-state index < -0.39 is 29.7 Å². The molecule has 1 fully saturated rings. The minimum Gasteiger partial charge on any atom is -0.711 e. The first-order valence-electron chi connectivity index (χ1n) is 9.07. The number of aromatic nitrogens is 2. The fraction of sp³-hybridized carbons (Fsp3) is 0.556. The Balaban J connectivity index is 2.15. The van der Waals surface area contributed by atoms with Gasteiger partial charge in [-0.1, -0.05) is 12.2 Å². The van der Waals surface area contributed by atoms with Gasteiger partial charge in [0.1, 0.15) is 23.9 Å². The molecule has 1 saturated heterocycles. The van der Waals surface area contributed by atoms with Gasteiger partial charge < -0.3 is 10.3 Å². The summed E-state index contributed by atoms with van der Waals surface area (Å²) in [6.07, 6.45) is 6.14. The van der Waals surface area contributed by atoms with Crippen LogP contribution in [0.2, 0.25) is 0 Å². The van der Waals surface area contributed by atoms with Crippen molar-refractivity contribution in [2.24, 2.45) is 11.8 Å². The summed E-state index contributed by atoms with van der Waals surface area (Å²) in [5.41, 5.74) is 1.14. The Morgan fingerprint density at radius 1 is 1.26 bits per heavy atom. The summed E-state index contributed by atoms with van der Waals surface area (Å²) < 4.78 is 2.44. The van der Waals surface area contributed by atoms with E-state index in [0.29, 0.717) is 24.2 Å². The van der Waals surface area contributed by atoms with Gasteiger partial charge in [-0.2, -0.15) is 0 Å². The van der Waals surface area contributed by atoms with Gasteiger partial charge in [0, 0.05) is 13.8 Å². The number of imidazole rings is 1. The molecule has 1 aromatic rings. The number of aliphatic hydroxyl groups is 1. The average Bonchev–Trinajstić information content (AvgIpc) is 2.83. The van der Waals surface area contributed by atoms with Gasteiger partial charge in [-0.15, -0.1) is 0 Å². The van der Waals surface area contributed by atoms with Crippen LogP contribution in [0.15, 0.2) is 12.2 Å². The van der Waals surface area contributed by atoms with E-state index in [1.54, 1.807) is 18.4 Å². The molecule has 1 aromatic heterocycles. The number of nitrogens with zero attached hydrogens (tertiary/aromatic N) is 2. The number of urea groups is 1. The molecule has 2 heterocycles. The zero-order valence-electron chi connectivity index (χ0n) is 15.4. The van der Waals surface area contributed by atoms with E-state index in [9.17, 15) is 24.7 Å². The molecule has 4 amide bonds. The van der Waals surface area contributed by atoms with Crippen molar-refractivity contribution in [2.45, 2.75) is 45.6 Å². The molecule has 2 aliphatic rings. The highest BCUT2D eigenvalue weighted by molar-refractivity contribution is 6.16. The van der Waals surface area contributed by atoms with Crippen LogP contribution in [0, 0.1) is 30.9 Å². The van der Waals surface area contributed by atoms with E-state index in [1.807, 2.05) is 12.2 Å². The van der Waals surface area contributed by atoms with Crippen LogP contribution in [-0.4, -0.2) is 34.1 Å². The van der Waals surface area contributed by atoms with Crippen molar-refractivity contribution in [3.63, 3.8) is 0 Å². The first kappa shape index (κ1) is 19.1. The molecule has 3 rings (SSSR count). The first-order valence-corrected chi connectivity index (χ1v) is 9.07. The highest BCUT2D eigenvalue weighted by Crippen LogP contribution is 2.39. The third-order valence-corrected chi connectivity index (χ3v) is 5.55. The topological polar surface area (TPSA) is 127 Å². The van der Waals surface area contributed by atoms with Gasteiger partial charge in [-0.25, -0.2) is 14.1 Å². The van der Waals surface area contributed by atoms with Crippen molar-refractivity contribution in [1.29, 1.82) is 0 Å². The Morgan fingerprint density at radius 2 is 1.93 bits per heavy atom. The van der Waals surface area contributed by atoms with E-state index in [-0.39, 0.29) is 24.9 Å². The molecule has 3 N–H and O–H groups in total. The van der Waals surface area contributed by atoms with E-state index in [2.05, 4.69) is 10.6 Å². The van der Waals surface area contributed by atoms with Gasteiger partial charge in [-0.05, 0) is 25.2 Å². The SMILES string of the molecule is Cc1c(C)[n+]([O-])c([C@@H](C2C(=O)NC(=O)NC2=O)[C@@H]2CC=CCC2)n1CCO. The quantitative estimate of drug-likeness (QED) is 0.292. The standard InChI is InChI=1S/C18H24N4O5/c1-10-11(2)22(27)17(21(10)8-9-23)13(12-6-4-3-5-7-12)14-15(24)19-18(26)20-16(14)25/h3-4,12-14,23H,5-9H2,1-2H3,(H2,19,20,24,25,26)/t12-,13-/m1/s1. The van der Waals surface area contributed by atoms with Crippen LogP contribution in [0.25, 0.3) is 0 Å². The van der Waals surface area contributed by atoms with Gasteiger partial charge in [0.2, 0.25) is 11.8 Å². The predicted octanol–water partition coefficient (Wildman–Crippen LogP) is 0.153.